The van der Waals surface area contributed by atoms with Crippen molar-refractivity contribution in [2.45, 2.75) is 26.8 Å². The van der Waals surface area contributed by atoms with Crippen LogP contribution in [0.15, 0.2) is 24.4 Å². The molecule has 0 fully saturated rings. The van der Waals surface area contributed by atoms with Gasteiger partial charge in [-0.1, -0.05) is 11.6 Å². The quantitative estimate of drug-likeness (QED) is 0.897. The lowest BCUT2D eigenvalue weighted by Crippen LogP contribution is -2.13. The third-order valence-corrected chi connectivity index (χ3v) is 2.66. The van der Waals surface area contributed by atoms with Gasteiger partial charge in [-0.3, -0.25) is 0 Å². The summed E-state index contributed by atoms with van der Waals surface area (Å²) in [6.07, 6.45) is 1.58. The number of rotatable bonds is 4. The predicted octanol–water partition coefficient (Wildman–Crippen LogP) is 3.40. The summed E-state index contributed by atoms with van der Waals surface area (Å²) in [4.78, 5) is 4.34. The number of halogens is 1. The fourth-order valence-corrected chi connectivity index (χ4v) is 1.82. The molecule has 0 saturated carbocycles. The number of aryl methyl sites for hydroxylation is 1. The largest absolute Gasteiger partial charge is 0.351 e. The number of aromatic nitrogens is 3. The van der Waals surface area contributed by atoms with Crippen LogP contribution < -0.4 is 10.6 Å². The standard InChI is InChI=1S/C13H16ClN5/c1-8(2)16-13-18-12(7-15-19-13)17-11-5-4-10(14)6-9(11)3/h4-8H,1-3H3,(H2,16,17,18,19). The maximum Gasteiger partial charge on any atom is 0.244 e. The summed E-state index contributed by atoms with van der Waals surface area (Å²) in [6, 6.07) is 5.90. The number of hydrogen-bond acceptors (Lipinski definition) is 5. The smallest absolute Gasteiger partial charge is 0.244 e. The zero-order valence-electron chi connectivity index (χ0n) is 11.1. The average Bonchev–Trinajstić information content (AvgIpc) is 2.32. The van der Waals surface area contributed by atoms with Gasteiger partial charge in [0.05, 0.1) is 6.20 Å². The Morgan fingerprint density at radius 1 is 1.26 bits per heavy atom. The Labute approximate surface area is 117 Å². The Balaban J connectivity index is 2.18. The summed E-state index contributed by atoms with van der Waals surface area (Å²) in [6.45, 7) is 6.02. The number of nitrogens with one attached hydrogen (secondary N) is 2. The predicted molar refractivity (Wildman–Crippen MR) is 78.1 cm³/mol. The van der Waals surface area contributed by atoms with E-state index in [9.17, 15) is 0 Å². The highest BCUT2D eigenvalue weighted by Gasteiger charge is 2.04. The SMILES string of the molecule is Cc1cc(Cl)ccc1Nc1cnnc(NC(C)C)n1. The molecule has 0 spiro atoms. The Morgan fingerprint density at radius 3 is 2.74 bits per heavy atom. The van der Waals surface area contributed by atoms with Crippen molar-refractivity contribution < 1.29 is 0 Å². The van der Waals surface area contributed by atoms with Crippen LogP contribution in [0, 0.1) is 6.92 Å². The second kappa shape index (κ2) is 5.84. The van der Waals surface area contributed by atoms with Gasteiger partial charge in [-0.05, 0) is 44.5 Å². The van der Waals surface area contributed by atoms with Gasteiger partial charge >= 0.3 is 0 Å². The Kier molecular flexibility index (Phi) is 4.16. The van der Waals surface area contributed by atoms with Crippen LogP contribution in [0.3, 0.4) is 0 Å². The van der Waals surface area contributed by atoms with E-state index in [1.54, 1.807) is 6.20 Å². The molecule has 6 heteroatoms. The van der Waals surface area contributed by atoms with Crippen molar-refractivity contribution in [1.29, 1.82) is 0 Å². The molecule has 0 unspecified atom stereocenters. The van der Waals surface area contributed by atoms with E-state index in [4.69, 9.17) is 11.6 Å². The molecule has 1 aromatic heterocycles. The van der Waals surface area contributed by atoms with Gasteiger partial charge in [-0.25, -0.2) is 0 Å². The molecule has 0 bridgehead atoms. The fraction of sp³-hybridized carbons (Fsp3) is 0.308. The summed E-state index contributed by atoms with van der Waals surface area (Å²) in [7, 11) is 0. The summed E-state index contributed by atoms with van der Waals surface area (Å²) in [5.74, 6) is 1.15. The molecule has 2 N–H and O–H groups in total. The van der Waals surface area contributed by atoms with Crippen LogP contribution in [0.5, 0.6) is 0 Å². The summed E-state index contributed by atoms with van der Waals surface area (Å²) < 4.78 is 0. The Bertz CT molecular complexity index is 571. The monoisotopic (exact) mass is 277 g/mol. The van der Waals surface area contributed by atoms with Crippen molar-refractivity contribution >= 4 is 29.1 Å². The van der Waals surface area contributed by atoms with E-state index in [1.807, 2.05) is 39.0 Å². The topological polar surface area (TPSA) is 62.7 Å². The minimum atomic E-state index is 0.259. The van der Waals surface area contributed by atoms with E-state index >= 15 is 0 Å². The molecule has 100 valence electrons. The third-order valence-electron chi connectivity index (χ3n) is 2.43. The van der Waals surface area contributed by atoms with Gasteiger partial charge < -0.3 is 10.6 Å². The lowest BCUT2D eigenvalue weighted by atomic mass is 10.2. The van der Waals surface area contributed by atoms with Crippen molar-refractivity contribution in [2.24, 2.45) is 0 Å². The third kappa shape index (κ3) is 3.79. The van der Waals surface area contributed by atoms with Gasteiger partial charge in [-0.2, -0.15) is 10.1 Å². The van der Waals surface area contributed by atoms with E-state index in [1.165, 1.54) is 0 Å². The fourth-order valence-electron chi connectivity index (χ4n) is 1.59. The van der Waals surface area contributed by atoms with Crippen molar-refractivity contribution in [3.63, 3.8) is 0 Å². The van der Waals surface area contributed by atoms with Crippen LogP contribution in [0.25, 0.3) is 0 Å². The van der Waals surface area contributed by atoms with Crippen LogP contribution in [0.1, 0.15) is 19.4 Å². The first-order chi connectivity index (χ1) is 9.04. The molecule has 0 aliphatic heterocycles. The van der Waals surface area contributed by atoms with Crippen LogP contribution in [-0.2, 0) is 0 Å². The lowest BCUT2D eigenvalue weighted by molar-refractivity contribution is 0.852. The van der Waals surface area contributed by atoms with Crippen LogP contribution in [-0.4, -0.2) is 21.2 Å². The van der Waals surface area contributed by atoms with Gasteiger partial charge in [0.15, 0.2) is 5.82 Å². The van der Waals surface area contributed by atoms with Gasteiger partial charge in [0, 0.05) is 16.8 Å². The van der Waals surface area contributed by atoms with Gasteiger partial charge in [0.2, 0.25) is 5.95 Å². The summed E-state index contributed by atoms with van der Waals surface area (Å²) in [5.41, 5.74) is 1.99. The summed E-state index contributed by atoms with van der Waals surface area (Å²) in [5, 5.41) is 14.9. The van der Waals surface area contributed by atoms with E-state index in [-0.39, 0.29) is 6.04 Å². The molecule has 2 rings (SSSR count). The molecule has 0 saturated heterocycles. The van der Waals surface area contributed by atoms with Gasteiger partial charge in [0.1, 0.15) is 0 Å². The maximum atomic E-state index is 5.93. The second-order valence-corrected chi connectivity index (χ2v) is 4.98. The van der Waals surface area contributed by atoms with Crippen LogP contribution in [0.2, 0.25) is 5.02 Å². The zero-order chi connectivity index (χ0) is 13.8. The number of nitrogens with zero attached hydrogens (tertiary/aromatic N) is 3. The molecule has 19 heavy (non-hydrogen) atoms. The molecule has 0 radical (unpaired) electrons. The molecule has 0 aliphatic carbocycles. The number of benzene rings is 1. The van der Waals surface area contributed by atoms with E-state index in [0.29, 0.717) is 16.8 Å². The van der Waals surface area contributed by atoms with Gasteiger partial charge in [-0.15, -0.1) is 5.10 Å². The first kappa shape index (κ1) is 13.5. The minimum absolute atomic E-state index is 0.259. The molecular weight excluding hydrogens is 262 g/mol. The molecule has 0 atom stereocenters. The Hall–Kier alpha value is -1.88. The number of anilines is 3. The van der Waals surface area contributed by atoms with Crippen molar-refractivity contribution in [3.8, 4) is 0 Å². The maximum absolute atomic E-state index is 5.93. The lowest BCUT2D eigenvalue weighted by Gasteiger charge is -2.11. The van der Waals surface area contributed by atoms with Crippen LogP contribution in [0.4, 0.5) is 17.5 Å². The minimum Gasteiger partial charge on any atom is -0.351 e. The van der Waals surface area contributed by atoms with Crippen LogP contribution >= 0.6 is 11.6 Å². The molecule has 2 aromatic rings. The second-order valence-electron chi connectivity index (χ2n) is 4.55. The van der Waals surface area contributed by atoms with E-state index in [2.05, 4.69) is 25.8 Å². The van der Waals surface area contributed by atoms with E-state index < -0.39 is 0 Å². The number of hydrogen-bond donors (Lipinski definition) is 2. The van der Waals surface area contributed by atoms with Crippen molar-refractivity contribution in [2.75, 3.05) is 10.6 Å². The molecule has 1 heterocycles. The molecule has 1 aromatic carbocycles. The molecular formula is C13H16ClN5. The van der Waals surface area contributed by atoms with E-state index in [0.717, 1.165) is 11.3 Å². The molecule has 0 amide bonds. The highest BCUT2D eigenvalue weighted by Crippen LogP contribution is 2.22. The molecule has 0 aliphatic rings. The zero-order valence-corrected chi connectivity index (χ0v) is 11.9. The normalized spacial score (nSPS) is 10.6. The molecule has 5 nitrogen and oxygen atoms in total. The first-order valence-corrected chi connectivity index (χ1v) is 6.42. The van der Waals surface area contributed by atoms with Crippen molar-refractivity contribution in [1.82, 2.24) is 15.2 Å². The highest BCUT2D eigenvalue weighted by atomic mass is 35.5. The highest BCUT2D eigenvalue weighted by molar-refractivity contribution is 6.30. The van der Waals surface area contributed by atoms with Crippen molar-refractivity contribution in [3.05, 3.63) is 35.0 Å². The van der Waals surface area contributed by atoms with Gasteiger partial charge in [0.25, 0.3) is 0 Å². The summed E-state index contributed by atoms with van der Waals surface area (Å²) >= 11 is 5.93. The average molecular weight is 278 g/mol. The first-order valence-electron chi connectivity index (χ1n) is 6.04. The Morgan fingerprint density at radius 2 is 2.05 bits per heavy atom.